The Morgan fingerprint density at radius 2 is 1.78 bits per heavy atom. The van der Waals surface area contributed by atoms with Gasteiger partial charge < -0.3 is 4.90 Å². The first-order valence-electron chi connectivity index (χ1n) is 7.11. The molecule has 4 nitrogen and oxygen atoms in total. The van der Waals surface area contributed by atoms with Crippen molar-refractivity contribution in [1.82, 2.24) is 14.9 Å². The average Bonchev–Trinajstić information content (AvgIpc) is 3.26. The third-order valence-corrected chi connectivity index (χ3v) is 3.44. The van der Waals surface area contributed by atoms with Gasteiger partial charge in [-0.1, -0.05) is 13.8 Å². The minimum Gasteiger partial charge on any atom is -0.338 e. The number of piperazine rings is 1. The van der Waals surface area contributed by atoms with Crippen LogP contribution in [-0.2, 0) is 0 Å². The molecule has 1 aliphatic heterocycles. The van der Waals surface area contributed by atoms with Crippen LogP contribution in [0.4, 0.5) is 5.95 Å². The van der Waals surface area contributed by atoms with Crippen molar-refractivity contribution in [2.24, 2.45) is 0 Å². The third kappa shape index (κ3) is 3.19. The van der Waals surface area contributed by atoms with E-state index in [0.29, 0.717) is 0 Å². The molecule has 0 aromatic carbocycles. The Balaban J connectivity index is 0.000000574. The maximum absolute atomic E-state index is 4.48. The molecule has 2 heterocycles. The summed E-state index contributed by atoms with van der Waals surface area (Å²) in [5, 5.41) is 0. The summed E-state index contributed by atoms with van der Waals surface area (Å²) in [6, 6.07) is 2.84. The zero-order chi connectivity index (χ0) is 13.0. The predicted octanol–water partition coefficient (Wildman–Crippen LogP) is 2.10. The number of rotatable bonds is 2. The maximum Gasteiger partial charge on any atom is 0.225 e. The van der Waals surface area contributed by atoms with E-state index in [0.717, 1.165) is 30.8 Å². The van der Waals surface area contributed by atoms with Crippen molar-refractivity contribution in [3.8, 4) is 0 Å². The molecule has 1 aromatic heterocycles. The summed E-state index contributed by atoms with van der Waals surface area (Å²) < 4.78 is 0. The van der Waals surface area contributed by atoms with Crippen molar-refractivity contribution in [1.29, 1.82) is 0 Å². The van der Waals surface area contributed by atoms with Gasteiger partial charge in [0.15, 0.2) is 0 Å². The van der Waals surface area contributed by atoms with Crippen LogP contribution in [-0.4, -0.2) is 47.1 Å². The van der Waals surface area contributed by atoms with E-state index in [2.05, 4.69) is 19.8 Å². The van der Waals surface area contributed by atoms with Gasteiger partial charge in [-0.3, -0.25) is 4.90 Å². The summed E-state index contributed by atoms with van der Waals surface area (Å²) >= 11 is 0. The van der Waals surface area contributed by atoms with Crippen LogP contribution < -0.4 is 4.90 Å². The predicted molar refractivity (Wildman–Crippen MR) is 74.9 cm³/mol. The molecule has 0 amide bonds. The number of anilines is 1. The lowest BCUT2D eigenvalue weighted by Gasteiger charge is -2.34. The van der Waals surface area contributed by atoms with E-state index in [1.54, 1.807) is 0 Å². The van der Waals surface area contributed by atoms with Gasteiger partial charge in [0.2, 0.25) is 5.95 Å². The largest absolute Gasteiger partial charge is 0.338 e. The number of aryl methyl sites for hydroxylation is 1. The Hall–Kier alpha value is -1.16. The van der Waals surface area contributed by atoms with Crippen LogP contribution in [0.3, 0.4) is 0 Å². The van der Waals surface area contributed by atoms with Crippen LogP contribution in [0.15, 0.2) is 12.3 Å². The molecule has 100 valence electrons. The van der Waals surface area contributed by atoms with Crippen LogP contribution in [0.1, 0.15) is 32.4 Å². The van der Waals surface area contributed by atoms with Crippen LogP contribution >= 0.6 is 0 Å². The Morgan fingerprint density at radius 3 is 2.33 bits per heavy atom. The van der Waals surface area contributed by atoms with Gasteiger partial charge in [0, 0.05) is 44.1 Å². The standard InChI is InChI=1S/C12H18N4.C2H6/c1-10-4-5-13-12(14-10)16-8-6-15(7-9-16)11-2-3-11;1-2/h4-5,11H,2-3,6-9H2,1H3;1-2H3. The first-order valence-corrected chi connectivity index (χ1v) is 7.11. The first-order chi connectivity index (χ1) is 8.83. The topological polar surface area (TPSA) is 32.3 Å². The molecular formula is C14H24N4. The van der Waals surface area contributed by atoms with E-state index in [1.165, 1.54) is 25.9 Å². The number of nitrogens with zero attached hydrogens (tertiary/aromatic N) is 4. The maximum atomic E-state index is 4.48. The van der Waals surface area contributed by atoms with E-state index in [-0.39, 0.29) is 0 Å². The van der Waals surface area contributed by atoms with Gasteiger partial charge in [-0.2, -0.15) is 0 Å². The van der Waals surface area contributed by atoms with E-state index in [4.69, 9.17) is 0 Å². The monoisotopic (exact) mass is 248 g/mol. The summed E-state index contributed by atoms with van der Waals surface area (Å²) in [7, 11) is 0. The Bertz CT molecular complexity index is 368. The molecule has 1 aromatic rings. The van der Waals surface area contributed by atoms with Gasteiger partial charge >= 0.3 is 0 Å². The Morgan fingerprint density at radius 1 is 1.11 bits per heavy atom. The fourth-order valence-electron chi connectivity index (χ4n) is 2.31. The van der Waals surface area contributed by atoms with Crippen LogP contribution in [0, 0.1) is 6.92 Å². The van der Waals surface area contributed by atoms with Gasteiger partial charge in [-0.05, 0) is 25.8 Å². The molecule has 3 rings (SSSR count). The second-order valence-corrected chi connectivity index (χ2v) is 4.75. The molecule has 0 N–H and O–H groups in total. The zero-order valence-corrected chi connectivity index (χ0v) is 11.8. The minimum absolute atomic E-state index is 0.889. The van der Waals surface area contributed by atoms with Crippen molar-refractivity contribution >= 4 is 5.95 Å². The number of hydrogen-bond acceptors (Lipinski definition) is 4. The summed E-state index contributed by atoms with van der Waals surface area (Å²) in [4.78, 5) is 13.7. The van der Waals surface area contributed by atoms with Gasteiger partial charge in [0.05, 0.1) is 0 Å². The van der Waals surface area contributed by atoms with E-state index >= 15 is 0 Å². The molecular weight excluding hydrogens is 224 g/mol. The lowest BCUT2D eigenvalue weighted by atomic mass is 10.3. The third-order valence-electron chi connectivity index (χ3n) is 3.44. The summed E-state index contributed by atoms with van der Waals surface area (Å²) in [5.41, 5.74) is 1.05. The number of hydrogen-bond donors (Lipinski definition) is 0. The Labute approximate surface area is 110 Å². The van der Waals surface area contributed by atoms with Gasteiger partial charge in [0.25, 0.3) is 0 Å². The van der Waals surface area contributed by atoms with Crippen LogP contribution in [0.2, 0.25) is 0 Å². The molecule has 2 fully saturated rings. The molecule has 0 atom stereocenters. The minimum atomic E-state index is 0.889. The highest BCUT2D eigenvalue weighted by molar-refractivity contribution is 5.30. The molecule has 0 unspecified atom stereocenters. The fraction of sp³-hybridized carbons (Fsp3) is 0.714. The molecule has 4 heteroatoms. The molecule has 0 radical (unpaired) electrons. The second-order valence-electron chi connectivity index (χ2n) is 4.75. The smallest absolute Gasteiger partial charge is 0.225 e. The molecule has 18 heavy (non-hydrogen) atoms. The lowest BCUT2D eigenvalue weighted by Crippen LogP contribution is -2.47. The highest BCUT2D eigenvalue weighted by atomic mass is 15.3. The normalized spacial score (nSPS) is 20.3. The Kier molecular flexibility index (Phi) is 4.53. The van der Waals surface area contributed by atoms with Crippen molar-refractivity contribution in [3.05, 3.63) is 18.0 Å². The van der Waals surface area contributed by atoms with Gasteiger partial charge in [-0.15, -0.1) is 0 Å². The van der Waals surface area contributed by atoms with Gasteiger partial charge in [-0.25, -0.2) is 9.97 Å². The van der Waals surface area contributed by atoms with Crippen LogP contribution in [0.5, 0.6) is 0 Å². The average molecular weight is 248 g/mol. The molecule has 1 saturated heterocycles. The SMILES string of the molecule is CC.Cc1ccnc(N2CCN(C3CC3)CC2)n1. The molecule has 2 aliphatic rings. The van der Waals surface area contributed by atoms with Crippen molar-refractivity contribution < 1.29 is 0 Å². The van der Waals surface area contributed by atoms with Crippen LogP contribution in [0.25, 0.3) is 0 Å². The quantitative estimate of drug-likeness (QED) is 0.802. The van der Waals surface area contributed by atoms with Crippen molar-refractivity contribution in [2.45, 2.75) is 39.7 Å². The molecule has 1 saturated carbocycles. The van der Waals surface area contributed by atoms with E-state index in [1.807, 2.05) is 33.0 Å². The summed E-state index contributed by atoms with van der Waals surface area (Å²) in [6.07, 6.45) is 4.66. The summed E-state index contributed by atoms with van der Waals surface area (Å²) in [6.45, 7) is 10.5. The highest BCUT2D eigenvalue weighted by Gasteiger charge is 2.31. The highest BCUT2D eigenvalue weighted by Crippen LogP contribution is 2.27. The molecule has 0 spiro atoms. The molecule has 1 aliphatic carbocycles. The van der Waals surface area contributed by atoms with Crippen molar-refractivity contribution in [3.63, 3.8) is 0 Å². The van der Waals surface area contributed by atoms with Gasteiger partial charge in [0.1, 0.15) is 0 Å². The lowest BCUT2D eigenvalue weighted by molar-refractivity contribution is 0.247. The van der Waals surface area contributed by atoms with E-state index < -0.39 is 0 Å². The molecule has 0 bridgehead atoms. The van der Waals surface area contributed by atoms with E-state index in [9.17, 15) is 0 Å². The summed E-state index contributed by atoms with van der Waals surface area (Å²) in [5.74, 6) is 0.899. The van der Waals surface area contributed by atoms with Crippen molar-refractivity contribution in [2.75, 3.05) is 31.1 Å². The second kappa shape index (κ2) is 6.14. The first kappa shape index (κ1) is 13.3. The number of aromatic nitrogens is 2. The zero-order valence-electron chi connectivity index (χ0n) is 11.8. The fourth-order valence-corrected chi connectivity index (χ4v) is 2.31.